The van der Waals surface area contributed by atoms with Gasteiger partial charge in [-0.05, 0) is 6.42 Å². The number of aliphatic carboxylic acids is 1. The number of carbonyl (C=O) groups is 1. The van der Waals surface area contributed by atoms with E-state index in [1.54, 1.807) is 0 Å². The number of rotatable bonds is 1. The molecule has 0 aromatic rings. The second-order valence-electron chi connectivity index (χ2n) is 4.12. The molecule has 2 heteroatoms. The fourth-order valence-corrected chi connectivity index (χ4v) is 2.88. The summed E-state index contributed by atoms with van der Waals surface area (Å²) in [6, 6.07) is 0. The van der Waals surface area contributed by atoms with Crippen LogP contribution in [0.4, 0.5) is 0 Å². The van der Waals surface area contributed by atoms with Crippen molar-refractivity contribution in [3.63, 3.8) is 0 Å². The van der Waals surface area contributed by atoms with Crippen LogP contribution in [-0.2, 0) is 4.79 Å². The van der Waals surface area contributed by atoms with Gasteiger partial charge >= 0.3 is 5.97 Å². The Morgan fingerprint density at radius 3 is 2.54 bits per heavy atom. The molecular weight excluding hydrogens is 164 g/mol. The van der Waals surface area contributed by atoms with E-state index in [1.807, 2.05) is 24.3 Å². The van der Waals surface area contributed by atoms with Gasteiger partial charge in [0.15, 0.2) is 0 Å². The SMILES string of the molecule is O=C(O)C1CC23C=CC=CC12C=C3. The molecule has 0 radical (unpaired) electrons. The number of carboxylic acid groups (broad SMARTS) is 1. The molecule has 3 aliphatic rings. The molecule has 2 nitrogen and oxygen atoms in total. The van der Waals surface area contributed by atoms with Crippen molar-refractivity contribution in [3.05, 3.63) is 36.5 Å². The van der Waals surface area contributed by atoms with Crippen LogP contribution in [0.5, 0.6) is 0 Å². The maximum atomic E-state index is 10.9. The number of allylic oxidation sites excluding steroid dienone is 6. The number of carboxylic acids is 1. The summed E-state index contributed by atoms with van der Waals surface area (Å²) in [5.41, 5.74) is -0.113. The first-order chi connectivity index (χ1) is 6.20. The summed E-state index contributed by atoms with van der Waals surface area (Å²) in [6.07, 6.45) is 13.1. The van der Waals surface area contributed by atoms with Crippen LogP contribution in [0, 0.1) is 16.7 Å². The second-order valence-corrected chi connectivity index (χ2v) is 4.12. The first kappa shape index (κ1) is 7.13. The Kier molecular flexibility index (Phi) is 0.981. The quantitative estimate of drug-likeness (QED) is 0.615. The van der Waals surface area contributed by atoms with E-state index in [1.165, 1.54) is 0 Å². The van der Waals surface area contributed by atoms with Gasteiger partial charge in [-0.25, -0.2) is 0 Å². The van der Waals surface area contributed by atoms with E-state index in [0.29, 0.717) is 0 Å². The third kappa shape index (κ3) is 0.539. The van der Waals surface area contributed by atoms with Gasteiger partial charge in [0.05, 0.1) is 5.92 Å². The van der Waals surface area contributed by atoms with E-state index in [2.05, 4.69) is 12.2 Å². The van der Waals surface area contributed by atoms with Gasteiger partial charge in [0, 0.05) is 10.8 Å². The highest BCUT2D eigenvalue weighted by atomic mass is 16.4. The molecule has 0 heterocycles. The Morgan fingerprint density at radius 1 is 1.23 bits per heavy atom. The third-order valence-corrected chi connectivity index (χ3v) is 3.76. The van der Waals surface area contributed by atoms with E-state index in [-0.39, 0.29) is 16.7 Å². The molecule has 3 rings (SSSR count). The minimum Gasteiger partial charge on any atom is -0.481 e. The molecule has 0 aliphatic heterocycles. The van der Waals surface area contributed by atoms with E-state index in [0.717, 1.165) is 6.42 Å². The number of hydrogen-bond donors (Lipinski definition) is 1. The van der Waals surface area contributed by atoms with Gasteiger partial charge in [-0.15, -0.1) is 0 Å². The van der Waals surface area contributed by atoms with Gasteiger partial charge in [-0.2, -0.15) is 0 Å². The lowest BCUT2D eigenvalue weighted by molar-refractivity contribution is -0.159. The van der Waals surface area contributed by atoms with Crippen LogP contribution < -0.4 is 0 Å². The zero-order valence-electron chi connectivity index (χ0n) is 7.10. The molecule has 13 heavy (non-hydrogen) atoms. The molecule has 0 bridgehead atoms. The molecule has 66 valence electrons. The predicted octanol–water partition coefficient (Wildman–Crippen LogP) is 1.76. The van der Waals surface area contributed by atoms with Crippen molar-refractivity contribution in [2.45, 2.75) is 6.42 Å². The van der Waals surface area contributed by atoms with Crippen LogP contribution in [0.3, 0.4) is 0 Å². The Morgan fingerprint density at radius 2 is 2.00 bits per heavy atom. The second kappa shape index (κ2) is 1.79. The van der Waals surface area contributed by atoms with Crippen molar-refractivity contribution >= 4 is 5.97 Å². The molecule has 0 aromatic heterocycles. The van der Waals surface area contributed by atoms with Crippen LogP contribution in [0.2, 0.25) is 0 Å². The highest BCUT2D eigenvalue weighted by molar-refractivity contribution is 5.77. The van der Waals surface area contributed by atoms with Crippen molar-refractivity contribution in [3.8, 4) is 0 Å². The van der Waals surface area contributed by atoms with Gasteiger partial charge in [-0.1, -0.05) is 36.5 Å². The Bertz CT molecular complexity index is 378. The van der Waals surface area contributed by atoms with Gasteiger partial charge in [0.25, 0.3) is 0 Å². The molecule has 1 saturated carbocycles. The van der Waals surface area contributed by atoms with E-state index in [9.17, 15) is 4.79 Å². The van der Waals surface area contributed by atoms with E-state index in [4.69, 9.17) is 5.11 Å². The third-order valence-electron chi connectivity index (χ3n) is 3.76. The standard InChI is InChI=1S/C11H10O2/c12-9(13)8-7-10-3-1-2-4-11(8,10)6-5-10/h1-6,8H,7H2,(H,12,13). The van der Waals surface area contributed by atoms with Crippen LogP contribution in [0.1, 0.15) is 6.42 Å². The van der Waals surface area contributed by atoms with Crippen molar-refractivity contribution in [1.29, 1.82) is 0 Å². The smallest absolute Gasteiger partial charge is 0.307 e. The summed E-state index contributed by atoms with van der Waals surface area (Å²) >= 11 is 0. The van der Waals surface area contributed by atoms with Crippen LogP contribution in [0.25, 0.3) is 0 Å². The normalized spacial score (nSPS) is 48.8. The monoisotopic (exact) mass is 174 g/mol. The van der Waals surface area contributed by atoms with Crippen molar-refractivity contribution in [2.24, 2.45) is 16.7 Å². The summed E-state index contributed by atoms with van der Waals surface area (Å²) in [4.78, 5) is 10.9. The number of hydrogen-bond acceptors (Lipinski definition) is 1. The average Bonchev–Trinajstić information content (AvgIpc) is 2.02. The fourth-order valence-electron chi connectivity index (χ4n) is 2.88. The zero-order valence-corrected chi connectivity index (χ0v) is 7.10. The van der Waals surface area contributed by atoms with Gasteiger partial charge in [0.1, 0.15) is 0 Å². The largest absolute Gasteiger partial charge is 0.481 e. The van der Waals surface area contributed by atoms with E-state index < -0.39 is 5.97 Å². The minimum absolute atomic E-state index is 0.0603. The lowest BCUT2D eigenvalue weighted by Crippen LogP contribution is -2.62. The Balaban J connectivity index is 2.07. The lowest BCUT2D eigenvalue weighted by atomic mass is 9.37. The molecule has 0 saturated heterocycles. The summed E-state index contributed by atoms with van der Waals surface area (Å²) in [5.74, 6) is -0.876. The summed E-state index contributed by atoms with van der Waals surface area (Å²) in [6.45, 7) is 0. The first-order valence-electron chi connectivity index (χ1n) is 4.50. The molecule has 1 fully saturated rings. The first-order valence-corrected chi connectivity index (χ1v) is 4.50. The summed E-state index contributed by atoms with van der Waals surface area (Å²) in [5, 5.41) is 8.99. The molecular formula is C11H10O2. The average molecular weight is 174 g/mol. The Hall–Kier alpha value is -1.31. The molecule has 3 unspecified atom stereocenters. The van der Waals surface area contributed by atoms with Gasteiger partial charge in [-0.3, -0.25) is 4.79 Å². The van der Waals surface area contributed by atoms with Crippen molar-refractivity contribution in [1.82, 2.24) is 0 Å². The topological polar surface area (TPSA) is 37.3 Å². The molecule has 3 atom stereocenters. The van der Waals surface area contributed by atoms with Gasteiger partial charge in [0.2, 0.25) is 0 Å². The fraction of sp³-hybridized carbons (Fsp3) is 0.364. The predicted molar refractivity (Wildman–Crippen MR) is 48.0 cm³/mol. The lowest BCUT2D eigenvalue weighted by Gasteiger charge is -2.64. The zero-order chi connectivity index (χ0) is 9.10. The van der Waals surface area contributed by atoms with Crippen molar-refractivity contribution in [2.75, 3.05) is 0 Å². The molecule has 3 aliphatic carbocycles. The molecule has 0 aromatic carbocycles. The highest BCUT2D eigenvalue weighted by Gasteiger charge is 2.67. The van der Waals surface area contributed by atoms with Crippen molar-refractivity contribution < 1.29 is 9.90 Å². The maximum absolute atomic E-state index is 10.9. The highest BCUT2D eigenvalue weighted by Crippen LogP contribution is 2.71. The Labute approximate surface area is 76.3 Å². The van der Waals surface area contributed by atoms with Crippen LogP contribution in [-0.4, -0.2) is 11.1 Å². The van der Waals surface area contributed by atoms with E-state index >= 15 is 0 Å². The van der Waals surface area contributed by atoms with Gasteiger partial charge < -0.3 is 5.11 Å². The molecule has 1 N–H and O–H groups in total. The molecule has 0 amide bonds. The maximum Gasteiger partial charge on any atom is 0.307 e. The van der Waals surface area contributed by atoms with Crippen LogP contribution in [0.15, 0.2) is 36.5 Å². The van der Waals surface area contributed by atoms with Crippen LogP contribution >= 0.6 is 0 Å². The molecule has 0 spiro atoms. The summed E-state index contributed by atoms with van der Waals surface area (Å²) in [7, 11) is 0. The minimum atomic E-state index is -0.667. The summed E-state index contributed by atoms with van der Waals surface area (Å²) < 4.78 is 0.